The molecule has 0 radical (unpaired) electrons. The molecular formula is C23H20. The molecule has 4 aromatic rings. The van der Waals surface area contributed by atoms with E-state index in [1.54, 1.807) is 0 Å². The van der Waals surface area contributed by atoms with E-state index in [1.807, 2.05) is 0 Å². The summed E-state index contributed by atoms with van der Waals surface area (Å²) in [5, 5.41) is 5.20. The molecule has 0 nitrogen and oxygen atoms in total. The largest absolute Gasteiger partial charge is 0.0616 e. The normalized spacial score (nSPS) is 11.4. The Balaban J connectivity index is 1.88. The molecule has 0 spiro atoms. The van der Waals surface area contributed by atoms with Gasteiger partial charge in [0.1, 0.15) is 0 Å². The Hall–Kier alpha value is -2.60. The Morgan fingerprint density at radius 3 is 1.91 bits per heavy atom. The van der Waals surface area contributed by atoms with Gasteiger partial charge in [0.25, 0.3) is 0 Å². The molecule has 4 rings (SSSR count). The summed E-state index contributed by atoms with van der Waals surface area (Å²) < 4.78 is 0. The molecule has 0 saturated heterocycles. The van der Waals surface area contributed by atoms with Crippen molar-refractivity contribution < 1.29 is 0 Å². The van der Waals surface area contributed by atoms with Crippen LogP contribution < -0.4 is 0 Å². The number of benzene rings is 4. The Bertz CT molecular complexity index is 993. The third-order valence-electron chi connectivity index (χ3n) is 4.59. The van der Waals surface area contributed by atoms with Crippen LogP contribution in [0.25, 0.3) is 32.7 Å². The van der Waals surface area contributed by atoms with Gasteiger partial charge in [0, 0.05) is 0 Å². The van der Waals surface area contributed by atoms with Crippen molar-refractivity contribution in [3.63, 3.8) is 0 Å². The summed E-state index contributed by atoms with van der Waals surface area (Å²) in [7, 11) is 0. The summed E-state index contributed by atoms with van der Waals surface area (Å²) in [6.07, 6.45) is 0. The highest BCUT2D eigenvalue weighted by Crippen LogP contribution is 2.29. The third kappa shape index (κ3) is 2.61. The second-order valence-corrected chi connectivity index (χ2v) is 6.54. The first-order chi connectivity index (χ1) is 11.2. The molecule has 112 valence electrons. The smallest absolute Gasteiger partial charge is 0.0171 e. The van der Waals surface area contributed by atoms with Gasteiger partial charge in [-0.25, -0.2) is 0 Å². The van der Waals surface area contributed by atoms with Crippen molar-refractivity contribution >= 4 is 21.5 Å². The molecule has 4 aromatic carbocycles. The van der Waals surface area contributed by atoms with Crippen molar-refractivity contribution in [2.45, 2.75) is 19.8 Å². The van der Waals surface area contributed by atoms with Gasteiger partial charge in [0.15, 0.2) is 0 Å². The predicted octanol–water partition coefficient (Wildman–Crippen LogP) is 6.78. The maximum absolute atomic E-state index is 2.31. The zero-order valence-corrected chi connectivity index (χ0v) is 13.6. The molecule has 0 unspecified atom stereocenters. The molecule has 0 heterocycles. The fraction of sp³-hybridized carbons (Fsp3) is 0.130. The number of rotatable bonds is 2. The minimum atomic E-state index is 0.555. The zero-order chi connectivity index (χ0) is 15.8. The van der Waals surface area contributed by atoms with Gasteiger partial charge in [-0.3, -0.25) is 0 Å². The van der Waals surface area contributed by atoms with E-state index < -0.39 is 0 Å². The van der Waals surface area contributed by atoms with E-state index in [-0.39, 0.29) is 0 Å². The fourth-order valence-corrected chi connectivity index (χ4v) is 3.20. The lowest BCUT2D eigenvalue weighted by Gasteiger charge is -2.10. The van der Waals surface area contributed by atoms with Gasteiger partial charge in [-0.1, -0.05) is 74.5 Å². The van der Waals surface area contributed by atoms with E-state index in [2.05, 4.69) is 92.7 Å². The molecule has 0 aliphatic rings. The minimum Gasteiger partial charge on any atom is -0.0616 e. The summed E-state index contributed by atoms with van der Waals surface area (Å²) in [4.78, 5) is 0. The Morgan fingerprint density at radius 1 is 0.522 bits per heavy atom. The van der Waals surface area contributed by atoms with Gasteiger partial charge in [0.2, 0.25) is 0 Å². The fourth-order valence-electron chi connectivity index (χ4n) is 3.20. The van der Waals surface area contributed by atoms with Crippen LogP contribution in [-0.2, 0) is 0 Å². The van der Waals surface area contributed by atoms with Crippen molar-refractivity contribution in [1.29, 1.82) is 0 Å². The van der Waals surface area contributed by atoms with Crippen molar-refractivity contribution in [2.24, 2.45) is 0 Å². The van der Waals surface area contributed by atoms with Gasteiger partial charge in [-0.15, -0.1) is 0 Å². The summed E-state index contributed by atoms with van der Waals surface area (Å²) in [5.41, 5.74) is 3.97. The minimum absolute atomic E-state index is 0.555. The molecule has 0 bridgehead atoms. The molecule has 0 saturated carbocycles. The second kappa shape index (κ2) is 5.55. The summed E-state index contributed by atoms with van der Waals surface area (Å²) >= 11 is 0. The van der Waals surface area contributed by atoms with Crippen LogP contribution in [0.5, 0.6) is 0 Å². The summed E-state index contributed by atoms with van der Waals surface area (Å²) in [6.45, 7) is 4.48. The van der Waals surface area contributed by atoms with Gasteiger partial charge in [0.05, 0.1) is 0 Å². The predicted molar refractivity (Wildman–Crippen MR) is 101 cm³/mol. The molecule has 23 heavy (non-hydrogen) atoms. The first-order valence-electron chi connectivity index (χ1n) is 8.23. The number of fused-ring (bicyclic) bond motifs is 2. The van der Waals surface area contributed by atoms with Crippen LogP contribution in [0.15, 0.2) is 78.9 Å². The summed E-state index contributed by atoms with van der Waals surface area (Å²) in [6, 6.07) is 28.8. The molecule has 0 N–H and O–H groups in total. The second-order valence-electron chi connectivity index (χ2n) is 6.54. The van der Waals surface area contributed by atoms with E-state index >= 15 is 0 Å². The van der Waals surface area contributed by atoms with E-state index in [0.29, 0.717) is 5.92 Å². The van der Waals surface area contributed by atoms with Gasteiger partial charge >= 0.3 is 0 Å². The first kappa shape index (κ1) is 14.0. The van der Waals surface area contributed by atoms with Crippen molar-refractivity contribution in [3.8, 4) is 11.1 Å². The highest BCUT2D eigenvalue weighted by atomic mass is 14.1. The van der Waals surface area contributed by atoms with Gasteiger partial charge in [-0.05, 0) is 62.4 Å². The Morgan fingerprint density at radius 2 is 1.17 bits per heavy atom. The highest BCUT2D eigenvalue weighted by molar-refractivity contribution is 5.99. The lowest BCUT2D eigenvalue weighted by molar-refractivity contribution is 0.867. The maximum Gasteiger partial charge on any atom is -0.0171 e. The maximum atomic E-state index is 2.31. The monoisotopic (exact) mass is 296 g/mol. The van der Waals surface area contributed by atoms with Gasteiger partial charge in [-0.2, -0.15) is 0 Å². The zero-order valence-electron chi connectivity index (χ0n) is 13.6. The molecular weight excluding hydrogens is 276 g/mol. The van der Waals surface area contributed by atoms with Crippen LogP contribution in [0.2, 0.25) is 0 Å². The van der Waals surface area contributed by atoms with Crippen LogP contribution in [0.1, 0.15) is 25.3 Å². The van der Waals surface area contributed by atoms with Crippen LogP contribution in [0.3, 0.4) is 0 Å². The van der Waals surface area contributed by atoms with E-state index in [9.17, 15) is 0 Å². The molecule has 0 aromatic heterocycles. The van der Waals surface area contributed by atoms with Crippen LogP contribution in [0, 0.1) is 0 Å². The molecule has 0 fully saturated rings. The average Bonchev–Trinajstić information content (AvgIpc) is 2.59. The average molecular weight is 296 g/mol. The standard InChI is InChI=1S/C23H20/c1-16(2)17-8-5-9-20(12-17)21-10-11-22-13-18-6-3-4-7-19(18)14-23(22)15-21/h3-16H,1-2H3. The molecule has 0 atom stereocenters. The quantitative estimate of drug-likeness (QED) is 0.357. The SMILES string of the molecule is CC(C)c1cccc(-c2ccc3cc4ccccc4cc3c2)c1. The van der Waals surface area contributed by atoms with Crippen molar-refractivity contribution in [1.82, 2.24) is 0 Å². The third-order valence-corrected chi connectivity index (χ3v) is 4.59. The molecule has 0 amide bonds. The first-order valence-corrected chi connectivity index (χ1v) is 8.23. The van der Waals surface area contributed by atoms with Crippen LogP contribution >= 0.6 is 0 Å². The Labute approximate surface area is 137 Å². The summed E-state index contributed by atoms with van der Waals surface area (Å²) in [5.74, 6) is 0.555. The number of hydrogen-bond acceptors (Lipinski definition) is 0. The topological polar surface area (TPSA) is 0 Å². The van der Waals surface area contributed by atoms with Gasteiger partial charge < -0.3 is 0 Å². The molecule has 0 aliphatic heterocycles. The number of hydrogen-bond donors (Lipinski definition) is 0. The van der Waals surface area contributed by atoms with E-state index in [4.69, 9.17) is 0 Å². The molecule has 0 aliphatic carbocycles. The van der Waals surface area contributed by atoms with E-state index in [0.717, 1.165) is 0 Å². The van der Waals surface area contributed by atoms with Crippen molar-refractivity contribution in [2.75, 3.05) is 0 Å². The van der Waals surface area contributed by atoms with Crippen LogP contribution in [0.4, 0.5) is 0 Å². The highest BCUT2D eigenvalue weighted by Gasteiger charge is 2.04. The lowest BCUT2D eigenvalue weighted by atomic mass is 9.95. The Kier molecular flexibility index (Phi) is 3.38. The lowest BCUT2D eigenvalue weighted by Crippen LogP contribution is -1.88. The molecule has 0 heteroatoms. The van der Waals surface area contributed by atoms with Crippen molar-refractivity contribution in [3.05, 3.63) is 84.4 Å². The van der Waals surface area contributed by atoms with E-state index in [1.165, 1.54) is 38.2 Å². The van der Waals surface area contributed by atoms with Crippen LogP contribution in [-0.4, -0.2) is 0 Å².